The molecule has 0 fully saturated rings. The van der Waals surface area contributed by atoms with Gasteiger partial charge in [-0.15, -0.1) is 0 Å². The van der Waals surface area contributed by atoms with Crippen LogP contribution in [0.25, 0.3) is 0 Å². The number of aryl methyl sites for hydroxylation is 1. The molecule has 0 aliphatic heterocycles. The molecule has 3 rings (SSSR count). The van der Waals surface area contributed by atoms with E-state index >= 15 is 0 Å². The molecule has 1 aliphatic carbocycles. The van der Waals surface area contributed by atoms with Gasteiger partial charge < -0.3 is 5.32 Å². The van der Waals surface area contributed by atoms with Gasteiger partial charge in [0.25, 0.3) is 0 Å². The van der Waals surface area contributed by atoms with Gasteiger partial charge in [-0.25, -0.2) is 0 Å². The van der Waals surface area contributed by atoms with E-state index in [0.717, 1.165) is 34.1 Å². The Bertz CT molecular complexity index is 622. The number of benzene rings is 2. The fraction of sp³-hybridized carbons (Fsp3) is 0.250. The van der Waals surface area contributed by atoms with E-state index in [1.165, 1.54) is 11.1 Å². The second-order valence-electron chi connectivity index (χ2n) is 5.13. The zero-order chi connectivity index (χ0) is 13.4. The number of rotatable bonds is 2. The largest absolute Gasteiger partial charge is 0.382 e. The van der Waals surface area contributed by atoms with Gasteiger partial charge in [0.1, 0.15) is 0 Å². The lowest BCUT2D eigenvalue weighted by atomic mass is 10.1. The van der Waals surface area contributed by atoms with Crippen molar-refractivity contribution in [3.63, 3.8) is 0 Å². The molecular formula is C16H15Cl2N. The lowest BCUT2D eigenvalue weighted by Crippen LogP contribution is -2.19. The van der Waals surface area contributed by atoms with Gasteiger partial charge in [0.2, 0.25) is 0 Å². The van der Waals surface area contributed by atoms with Crippen LogP contribution in [-0.4, -0.2) is 6.04 Å². The van der Waals surface area contributed by atoms with Gasteiger partial charge in [-0.3, -0.25) is 0 Å². The molecule has 1 atom stereocenters. The molecular weight excluding hydrogens is 277 g/mol. The highest BCUT2D eigenvalue weighted by Gasteiger charge is 2.21. The molecule has 1 aliphatic rings. The minimum Gasteiger partial charge on any atom is -0.382 e. The quantitative estimate of drug-likeness (QED) is 0.831. The van der Waals surface area contributed by atoms with Crippen LogP contribution in [0, 0.1) is 6.92 Å². The fourth-order valence-corrected chi connectivity index (χ4v) is 2.98. The lowest BCUT2D eigenvalue weighted by Gasteiger charge is -2.14. The minimum atomic E-state index is 0.423. The van der Waals surface area contributed by atoms with Crippen LogP contribution in [0.5, 0.6) is 0 Å². The summed E-state index contributed by atoms with van der Waals surface area (Å²) in [7, 11) is 0. The number of nitrogens with one attached hydrogen (secondary N) is 1. The summed E-state index contributed by atoms with van der Waals surface area (Å²) >= 11 is 12.2. The van der Waals surface area contributed by atoms with E-state index in [0.29, 0.717) is 6.04 Å². The van der Waals surface area contributed by atoms with Crippen molar-refractivity contribution in [2.45, 2.75) is 25.8 Å². The Labute approximate surface area is 123 Å². The number of anilines is 1. The first-order chi connectivity index (χ1) is 9.11. The average molecular weight is 292 g/mol. The highest BCUT2D eigenvalue weighted by molar-refractivity contribution is 6.31. The Morgan fingerprint density at radius 1 is 1.00 bits per heavy atom. The zero-order valence-corrected chi connectivity index (χ0v) is 12.2. The number of hydrogen-bond donors (Lipinski definition) is 1. The monoisotopic (exact) mass is 291 g/mol. The maximum absolute atomic E-state index is 6.15. The normalized spacial score (nSPS) is 17.3. The third-order valence-corrected chi connectivity index (χ3v) is 4.29. The fourth-order valence-electron chi connectivity index (χ4n) is 2.61. The van der Waals surface area contributed by atoms with Crippen LogP contribution >= 0.6 is 23.2 Å². The predicted octanol–water partition coefficient (Wildman–Crippen LogP) is 4.88. The first-order valence-electron chi connectivity index (χ1n) is 6.42. The number of fused-ring (bicyclic) bond motifs is 1. The van der Waals surface area contributed by atoms with Gasteiger partial charge in [-0.2, -0.15) is 0 Å². The Kier molecular flexibility index (Phi) is 3.42. The summed E-state index contributed by atoms with van der Waals surface area (Å²) in [6, 6.07) is 12.7. The van der Waals surface area contributed by atoms with Crippen molar-refractivity contribution in [3.8, 4) is 0 Å². The molecule has 0 spiro atoms. The SMILES string of the molecule is Cc1ccc(NC2Cc3ccc(Cl)cc3C2)cc1Cl. The molecule has 1 N–H and O–H groups in total. The summed E-state index contributed by atoms with van der Waals surface area (Å²) in [5.41, 5.74) is 4.93. The van der Waals surface area contributed by atoms with Gasteiger partial charge in [0.15, 0.2) is 0 Å². The van der Waals surface area contributed by atoms with Crippen LogP contribution in [0.1, 0.15) is 16.7 Å². The van der Waals surface area contributed by atoms with Gasteiger partial charge in [0.05, 0.1) is 0 Å². The maximum Gasteiger partial charge on any atom is 0.0455 e. The van der Waals surface area contributed by atoms with E-state index in [1.54, 1.807) is 0 Å². The maximum atomic E-state index is 6.15. The Hall–Kier alpha value is -1.18. The molecule has 1 nitrogen and oxygen atoms in total. The van der Waals surface area contributed by atoms with E-state index in [1.807, 2.05) is 25.1 Å². The molecule has 0 heterocycles. The molecule has 2 aromatic carbocycles. The topological polar surface area (TPSA) is 12.0 Å². The zero-order valence-electron chi connectivity index (χ0n) is 10.7. The Morgan fingerprint density at radius 2 is 1.79 bits per heavy atom. The molecule has 98 valence electrons. The summed E-state index contributed by atoms with van der Waals surface area (Å²) in [5, 5.41) is 5.17. The van der Waals surface area contributed by atoms with Crippen molar-refractivity contribution >= 4 is 28.9 Å². The second kappa shape index (κ2) is 5.07. The van der Waals surface area contributed by atoms with Crippen LogP contribution in [0.15, 0.2) is 36.4 Å². The first kappa shape index (κ1) is 12.8. The molecule has 0 aromatic heterocycles. The van der Waals surface area contributed by atoms with Gasteiger partial charge >= 0.3 is 0 Å². The van der Waals surface area contributed by atoms with Crippen LogP contribution in [-0.2, 0) is 12.8 Å². The predicted molar refractivity (Wildman–Crippen MR) is 82.5 cm³/mol. The molecule has 0 bridgehead atoms. The molecule has 0 amide bonds. The van der Waals surface area contributed by atoms with Crippen molar-refractivity contribution < 1.29 is 0 Å². The third-order valence-electron chi connectivity index (χ3n) is 3.64. The second-order valence-corrected chi connectivity index (χ2v) is 5.97. The van der Waals surface area contributed by atoms with Gasteiger partial charge in [-0.1, -0.05) is 35.3 Å². The van der Waals surface area contributed by atoms with Crippen molar-refractivity contribution in [2.75, 3.05) is 5.32 Å². The van der Waals surface area contributed by atoms with Crippen LogP contribution in [0.4, 0.5) is 5.69 Å². The minimum absolute atomic E-state index is 0.423. The molecule has 0 saturated carbocycles. The highest BCUT2D eigenvalue weighted by atomic mass is 35.5. The van der Waals surface area contributed by atoms with E-state index < -0.39 is 0 Å². The van der Waals surface area contributed by atoms with Crippen molar-refractivity contribution in [2.24, 2.45) is 0 Å². The summed E-state index contributed by atoms with van der Waals surface area (Å²) in [6.45, 7) is 2.01. The molecule has 19 heavy (non-hydrogen) atoms. The summed E-state index contributed by atoms with van der Waals surface area (Å²) < 4.78 is 0. The van der Waals surface area contributed by atoms with Gasteiger partial charge in [-0.05, 0) is 60.7 Å². The Morgan fingerprint density at radius 3 is 2.58 bits per heavy atom. The summed E-state index contributed by atoms with van der Waals surface area (Å²) in [4.78, 5) is 0. The van der Waals surface area contributed by atoms with Crippen molar-refractivity contribution in [1.82, 2.24) is 0 Å². The molecule has 0 saturated heterocycles. The van der Waals surface area contributed by atoms with Crippen LogP contribution < -0.4 is 5.32 Å². The highest BCUT2D eigenvalue weighted by Crippen LogP contribution is 2.28. The molecule has 2 aromatic rings. The lowest BCUT2D eigenvalue weighted by molar-refractivity contribution is 0.774. The third kappa shape index (κ3) is 2.72. The van der Waals surface area contributed by atoms with Crippen LogP contribution in [0.2, 0.25) is 10.0 Å². The molecule has 3 heteroatoms. The van der Waals surface area contributed by atoms with Crippen molar-refractivity contribution in [1.29, 1.82) is 0 Å². The first-order valence-corrected chi connectivity index (χ1v) is 7.17. The smallest absolute Gasteiger partial charge is 0.0455 e. The Balaban J connectivity index is 1.75. The van der Waals surface area contributed by atoms with E-state index in [-0.39, 0.29) is 0 Å². The summed E-state index contributed by atoms with van der Waals surface area (Å²) in [6.07, 6.45) is 2.05. The number of halogens is 2. The van der Waals surface area contributed by atoms with E-state index in [4.69, 9.17) is 23.2 Å². The number of hydrogen-bond acceptors (Lipinski definition) is 1. The molecule has 0 radical (unpaired) electrons. The average Bonchev–Trinajstić information content (AvgIpc) is 2.75. The van der Waals surface area contributed by atoms with Gasteiger partial charge in [0, 0.05) is 21.8 Å². The molecule has 1 unspecified atom stereocenters. The standard InChI is InChI=1S/C16H15Cl2N/c1-10-2-5-14(9-16(10)18)19-15-7-11-3-4-13(17)6-12(11)8-15/h2-6,9,15,19H,7-8H2,1H3. The van der Waals surface area contributed by atoms with E-state index in [2.05, 4.69) is 23.5 Å². The van der Waals surface area contributed by atoms with E-state index in [9.17, 15) is 0 Å². The summed E-state index contributed by atoms with van der Waals surface area (Å²) in [5.74, 6) is 0. The van der Waals surface area contributed by atoms with Crippen LogP contribution in [0.3, 0.4) is 0 Å². The van der Waals surface area contributed by atoms with Crippen molar-refractivity contribution in [3.05, 3.63) is 63.1 Å².